The topological polar surface area (TPSA) is 34.0 Å². The smallest absolute Gasteiger partial charge is 0.0979 e. The van der Waals surface area contributed by atoms with Crippen molar-refractivity contribution in [3.05, 3.63) is 206 Å². The van der Waals surface area contributed by atoms with Crippen LogP contribution in [-0.2, 0) is 0 Å². The quantitative estimate of drug-likeness (QED) is 0.161. The van der Waals surface area contributed by atoms with E-state index in [0.717, 1.165) is 55.8 Å². The first-order chi connectivity index (χ1) is 27.8. The highest BCUT2D eigenvalue weighted by molar-refractivity contribution is 6.23. The maximum atomic E-state index is 5.23. The molecule has 0 bridgehead atoms. The summed E-state index contributed by atoms with van der Waals surface area (Å²) < 4.78 is 2.38. The van der Waals surface area contributed by atoms with E-state index in [-0.39, 0.29) is 0 Å². The van der Waals surface area contributed by atoms with Gasteiger partial charge < -0.3 is 9.47 Å². The molecule has 0 spiro atoms. The van der Waals surface area contributed by atoms with Crippen LogP contribution in [0.25, 0.3) is 82.5 Å². The molecule has 0 fully saturated rings. The molecule has 0 aliphatic heterocycles. The van der Waals surface area contributed by atoms with Crippen LogP contribution in [0.5, 0.6) is 0 Å². The predicted octanol–water partition coefficient (Wildman–Crippen LogP) is 13.8. The van der Waals surface area contributed by atoms with Gasteiger partial charge in [0.05, 0.1) is 34.0 Å². The summed E-state index contributed by atoms with van der Waals surface area (Å²) in [6, 6.07) is 71.2. The van der Waals surface area contributed by atoms with E-state index in [9.17, 15) is 0 Å². The van der Waals surface area contributed by atoms with Crippen molar-refractivity contribution in [1.29, 1.82) is 0 Å². The number of hydrogen-bond acceptors (Lipinski definition) is 3. The highest BCUT2D eigenvalue weighted by Gasteiger charge is 2.17. The maximum Gasteiger partial charge on any atom is 0.0979 e. The second-order valence-corrected chi connectivity index (χ2v) is 14.2. The summed E-state index contributed by atoms with van der Waals surface area (Å²) in [5.74, 6) is 0. The Morgan fingerprint density at radius 2 is 0.875 bits per heavy atom. The van der Waals surface area contributed by atoms with Crippen LogP contribution in [0.15, 0.2) is 206 Å². The largest absolute Gasteiger partial charge is 0.311 e. The SMILES string of the molecule is c1ccc(-c2ccc3c(c2)c2ccccc2n3-c2ccc(N(c3ccccc3)c3ccc(-c4cnc5c6ccccc6c6ccccc6c5n4)cc3)cc2)cc1. The zero-order chi connectivity index (χ0) is 37.0. The lowest BCUT2D eigenvalue weighted by atomic mass is 9.99. The number of para-hydroxylation sites is 2. The third-order valence-corrected chi connectivity index (χ3v) is 11.0. The number of benzene rings is 9. The summed E-state index contributed by atoms with van der Waals surface area (Å²) >= 11 is 0. The van der Waals surface area contributed by atoms with E-state index in [4.69, 9.17) is 9.97 Å². The monoisotopic (exact) mass is 714 g/mol. The van der Waals surface area contributed by atoms with E-state index in [1.807, 2.05) is 6.20 Å². The lowest BCUT2D eigenvalue weighted by Crippen LogP contribution is -2.10. The van der Waals surface area contributed by atoms with E-state index >= 15 is 0 Å². The zero-order valence-corrected chi connectivity index (χ0v) is 30.4. The zero-order valence-electron chi connectivity index (χ0n) is 30.4. The van der Waals surface area contributed by atoms with Crippen LogP contribution >= 0.6 is 0 Å². The van der Waals surface area contributed by atoms with Gasteiger partial charge in [-0.05, 0) is 88.6 Å². The molecule has 11 aromatic rings. The number of anilines is 3. The lowest BCUT2D eigenvalue weighted by molar-refractivity contribution is 1.17. The maximum absolute atomic E-state index is 5.23. The highest BCUT2D eigenvalue weighted by Crippen LogP contribution is 2.39. The molecule has 0 atom stereocenters. The van der Waals surface area contributed by atoms with Crippen molar-refractivity contribution in [3.63, 3.8) is 0 Å². The van der Waals surface area contributed by atoms with E-state index < -0.39 is 0 Å². The molecule has 0 unspecified atom stereocenters. The molecule has 9 aromatic carbocycles. The first-order valence-electron chi connectivity index (χ1n) is 19.0. The van der Waals surface area contributed by atoms with Gasteiger partial charge in [0.15, 0.2) is 0 Å². The fraction of sp³-hybridized carbons (Fsp3) is 0. The fourth-order valence-corrected chi connectivity index (χ4v) is 8.38. The predicted molar refractivity (Wildman–Crippen MR) is 234 cm³/mol. The molecule has 0 saturated heterocycles. The van der Waals surface area contributed by atoms with Crippen LogP contribution in [0.3, 0.4) is 0 Å². The Hall–Kier alpha value is -7.56. The lowest BCUT2D eigenvalue weighted by Gasteiger charge is -2.26. The number of nitrogens with zero attached hydrogens (tertiary/aromatic N) is 4. The Morgan fingerprint density at radius 3 is 1.57 bits per heavy atom. The molecule has 0 aliphatic rings. The number of aromatic nitrogens is 3. The Balaban J connectivity index is 0.978. The number of fused-ring (bicyclic) bond motifs is 9. The molecule has 2 heterocycles. The van der Waals surface area contributed by atoms with Crippen LogP contribution in [-0.4, -0.2) is 14.5 Å². The average Bonchev–Trinajstić information content (AvgIpc) is 3.61. The molecule has 0 radical (unpaired) electrons. The summed E-state index contributed by atoms with van der Waals surface area (Å²) in [7, 11) is 0. The molecule has 56 heavy (non-hydrogen) atoms. The minimum absolute atomic E-state index is 0.849. The molecule has 11 rings (SSSR count). The first-order valence-corrected chi connectivity index (χ1v) is 19.0. The van der Waals surface area contributed by atoms with E-state index in [1.54, 1.807) is 0 Å². The third-order valence-electron chi connectivity index (χ3n) is 11.0. The summed E-state index contributed by atoms with van der Waals surface area (Å²) in [4.78, 5) is 12.5. The van der Waals surface area contributed by atoms with Gasteiger partial charge in [-0.1, -0.05) is 133 Å². The van der Waals surface area contributed by atoms with Crippen LogP contribution in [0.2, 0.25) is 0 Å². The van der Waals surface area contributed by atoms with E-state index in [0.29, 0.717) is 0 Å². The number of hydrogen-bond donors (Lipinski definition) is 0. The molecule has 0 saturated carbocycles. The Morgan fingerprint density at radius 1 is 0.357 bits per heavy atom. The first kappa shape index (κ1) is 31.9. The molecular weight excluding hydrogens is 681 g/mol. The minimum atomic E-state index is 0.849. The van der Waals surface area contributed by atoms with Gasteiger partial charge in [0.1, 0.15) is 0 Å². The van der Waals surface area contributed by atoms with Crippen molar-refractivity contribution in [1.82, 2.24) is 14.5 Å². The second kappa shape index (κ2) is 13.1. The Labute approximate surface area is 324 Å². The van der Waals surface area contributed by atoms with Gasteiger partial charge in [0.25, 0.3) is 0 Å². The average molecular weight is 715 g/mol. The van der Waals surface area contributed by atoms with Gasteiger partial charge in [-0.3, -0.25) is 4.98 Å². The van der Waals surface area contributed by atoms with Gasteiger partial charge in [-0.15, -0.1) is 0 Å². The van der Waals surface area contributed by atoms with Gasteiger partial charge in [-0.2, -0.15) is 0 Å². The van der Waals surface area contributed by atoms with Crippen molar-refractivity contribution in [2.75, 3.05) is 4.90 Å². The number of rotatable bonds is 6. The molecule has 4 heteroatoms. The molecule has 0 amide bonds. The Bertz CT molecular complexity index is 3190. The molecule has 0 N–H and O–H groups in total. The van der Waals surface area contributed by atoms with Crippen molar-refractivity contribution >= 4 is 71.4 Å². The van der Waals surface area contributed by atoms with Gasteiger partial charge in [0.2, 0.25) is 0 Å². The minimum Gasteiger partial charge on any atom is -0.311 e. The van der Waals surface area contributed by atoms with Crippen molar-refractivity contribution < 1.29 is 0 Å². The molecule has 4 nitrogen and oxygen atoms in total. The van der Waals surface area contributed by atoms with Crippen molar-refractivity contribution in [2.45, 2.75) is 0 Å². The molecule has 0 aliphatic carbocycles. The summed E-state index contributed by atoms with van der Waals surface area (Å²) in [6.45, 7) is 0. The van der Waals surface area contributed by atoms with Gasteiger partial charge >= 0.3 is 0 Å². The van der Waals surface area contributed by atoms with E-state index in [1.165, 1.54) is 43.7 Å². The Kier molecular flexibility index (Phi) is 7.46. The fourth-order valence-electron chi connectivity index (χ4n) is 8.38. The van der Waals surface area contributed by atoms with Gasteiger partial charge in [-0.25, -0.2) is 4.98 Å². The molecule has 262 valence electrons. The van der Waals surface area contributed by atoms with Crippen LogP contribution < -0.4 is 4.90 Å². The van der Waals surface area contributed by atoms with Crippen LogP contribution in [0, 0.1) is 0 Å². The van der Waals surface area contributed by atoms with Crippen molar-refractivity contribution in [2.24, 2.45) is 0 Å². The van der Waals surface area contributed by atoms with Crippen LogP contribution in [0.1, 0.15) is 0 Å². The summed E-state index contributed by atoms with van der Waals surface area (Å²) in [5.41, 5.74) is 12.9. The van der Waals surface area contributed by atoms with Crippen molar-refractivity contribution in [3.8, 4) is 28.1 Å². The van der Waals surface area contributed by atoms with Gasteiger partial charge in [0, 0.05) is 49.9 Å². The normalized spacial score (nSPS) is 11.6. The summed E-state index contributed by atoms with van der Waals surface area (Å²) in [6.07, 6.45) is 1.91. The van der Waals surface area contributed by atoms with E-state index in [2.05, 4.69) is 210 Å². The standard InChI is InChI=1S/C52H34N4/c1-3-13-35(14-4-1)37-25-32-50-47(33-37)44-19-11-12-22-49(44)56(50)41-30-28-40(29-31-41)55(38-15-5-2-6-16-38)39-26-23-36(24-27-39)48-34-53-51-45-20-9-7-17-42(45)43-18-8-10-21-46(43)52(51)54-48/h1-34H. The molecular formula is C52H34N4. The second-order valence-electron chi connectivity index (χ2n) is 14.2. The highest BCUT2D eigenvalue weighted by atomic mass is 15.1. The van der Waals surface area contributed by atoms with Crippen LogP contribution in [0.4, 0.5) is 17.1 Å². The molecule has 2 aromatic heterocycles. The summed E-state index contributed by atoms with van der Waals surface area (Å²) in [5, 5.41) is 7.11. The third kappa shape index (κ3) is 5.23.